The lowest BCUT2D eigenvalue weighted by molar-refractivity contribution is -0.384. The smallest absolute Gasteiger partial charge is 0.384 e. The summed E-state index contributed by atoms with van der Waals surface area (Å²) < 4.78 is 124. The number of nitro benzene ring substituents is 1. The van der Waals surface area contributed by atoms with Crippen molar-refractivity contribution in [1.82, 2.24) is 31.6 Å². The van der Waals surface area contributed by atoms with Gasteiger partial charge in [-0.15, -0.1) is 0 Å². The lowest BCUT2D eigenvalue weighted by atomic mass is 9.98. The van der Waals surface area contributed by atoms with Gasteiger partial charge in [0, 0.05) is 134 Å². The Bertz CT molecular complexity index is 4710. The van der Waals surface area contributed by atoms with E-state index < -0.39 is 46.7 Å². The third-order valence-electron chi connectivity index (χ3n) is 16.9. The van der Waals surface area contributed by atoms with Gasteiger partial charge in [-0.3, -0.25) is 10.1 Å². The second-order valence-corrected chi connectivity index (χ2v) is 28.1. The van der Waals surface area contributed by atoms with Crippen LogP contribution in [0, 0.1) is 10.1 Å². The van der Waals surface area contributed by atoms with E-state index in [0.29, 0.717) is 45.4 Å². The summed E-state index contributed by atoms with van der Waals surface area (Å²) in [4.78, 5) is 22.3. The van der Waals surface area contributed by atoms with Crippen molar-refractivity contribution < 1.29 is 43.3 Å². The van der Waals surface area contributed by atoms with Crippen molar-refractivity contribution in [2.75, 3.05) is 84.1 Å². The summed E-state index contributed by atoms with van der Waals surface area (Å²) >= 11 is 0. The number of anilines is 2. The number of pyridine rings is 1. The number of hydrogen-bond acceptors (Lipinski definition) is 14. The molecule has 5 aliphatic rings. The maximum Gasteiger partial charge on any atom is 0.416 e. The minimum absolute atomic E-state index is 0.0582. The second kappa shape index (κ2) is 23.6. The van der Waals surface area contributed by atoms with Crippen LogP contribution < -0.4 is 10.6 Å². The summed E-state index contributed by atoms with van der Waals surface area (Å²) in [6, 6.07) is 29.8. The number of aromatic nitrogens is 4. The molecule has 0 aliphatic carbocycles. The minimum Gasteiger partial charge on any atom is -0.384 e. The van der Waals surface area contributed by atoms with Crippen LogP contribution in [-0.2, 0) is 49.1 Å². The number of nitrogens with one attached hydrogen (secondary N) is 2. The fourth-order valence-electron chi connectivity index (χ4n) is 11.9. The quantitative estimate of drug-likeness (QED) is 0.0965. The van der Waals surface area contributed by atoms with Crippen LogP contribution in [0.15, 0.2) is 173 Å². The molecule has 88 heavy (non-hydrogen) atoms. The number of hydrogen-bond donors (Lipinski definition) is 2. The van der Waals surface area contributed by atoms with Crippen LogP contribution in [-0.4, -0.2) is 135 Å². The van der Waals surface area contributed by atoms with E-state index in [1.807, 2.05) is 38.4 Å². The molecular weight excluding hydrogens is 1190 g/mol. The van der Waals surface area contributed by atoms with Crippen molar-refractivity contribution in [2.45, 2.75) is 53.0 Å². The van der Waals surface area contributed by atoms with Gasteiger partial charge in [0.2, 0.25) is 0 Å². The van der Waals surface area contributed by atoms with Gasteiger partial charge in [0.15, 0.2) is 5.65 Å². The van der Waals surface area contributed by atoms with Crippen LogP contribution in [0.4, 0.5) is 30.2 Å². The molecule has 0 atom stereocenters. The molecule has 456 valence electrons. The number of likely N-dealkylation sites (N-methyl/N-ethyl adjacent to an activating group) is 3. The number of non-ortho nitro benzene ring substituents is 1. The topological polar surface area (TPSA) is 207 Å². The maximum absolute atomic E-state index is 13.6. The van der Waals surface area contributed by atoms with Crippen molar-refractivity contribution >= 4 is 96.7 Å². The normalized spacial score (nSPS) is 16.8. The highest BCUT2D eigenvalue weighted by molar-refractivity contribution is 7.90. The first-order valence-electron chi connectivity index (χ1n) is 28.7. The number of alkyl halides is 3. The lowest BCUT2D eigenvalue weighted by Crippen LogP contribution is -2.23. The molecule has 5 aliphatic heterocycles. The van der Waals surface area contributed by atoms with Crippen LogP contribution in [0.5, 0.6) is 0 Å². The molecule has 0 saturated carbocycles. The van der Waals surface area contributed by atoms with Gasteiger partial charge >= 0.3 is 6.18 Å². The summed E-state index contributed by atoms with van der Waals surface area (Å²) in [5.74, 6) is 0. The lowest BCUT2D eigenvalue weighted by Gasteiger charge is -2.21. The number of halogens is 3. The van der Waals surface area contributed by atoms with Crippen LogP contribution in [0.2, 0.25) is 0 Å². The van der Waals surface area contributed by atoms with Gasteiger partial charge in [0.25, 0.3) is 35.8 Å². The highest BCUT2D eigenvalue weighted by Crippen LogP contribution is 2.40. The van der Waals surface area contributed by atoms with Crippen molar-refractivity contribution in [3.8, 4) is 0 Å². The van der Waals surface area contributed by atoms with Gasteiger partial charge in [-0.2, -0.15) is 13.2 Å². The summed E-state index contributed by atoms with van der Waals surface area (Å²) in [5.41, 5.74) is 9.47. The number of rotatable bonds is 10. The maximum atomic E-state index is 13.6. The summed E-state index contributed by atoms with van der Waals surface area (Å²) in [6.45, 7) is 6.43. The van der Waals surface area contributed by atoms with Crippen molar-refractivity contribution in [2.24, 2.45) is 0 Å². The summed E-state index contributed by atoms with van der Waals surface area (Å²) in [7, 11) is -5.47. The van der Waals surface area contributed by atoms with Crippen LogP contribution in [0.25, 0.3) is 49.6 Å². The third kappa shape index (κ3) is 11.5. The van der Waals surface area contributed by atoms with Gasteiger partial charge in [-0.1, -0.05) is 36.4 Å². The van der Waals surface area contributed by atoms with Gasteiger partial charge in [-0.05, 0) is 166 Å². The molecule has 14 rings (SSSR count). The molecule has 0 saturated heterocycles. The Balaban J connectivity index is 0.000000129. The first kappa shape index (κ1) is 59.9. The summed E-state index contributed by atoms with van der Waals surface area (Å²) in [5, 5.41) is 19.5. The largest absolute Gasteiger partial charge is 0.416 e. The molecule has 9 heterocycles. The van der Waals surface area contributed by atoms with Gasteiger partial charge in [-0.25, -0.2) is 42.2 Å². The second-order valence-electron chi connectivity index (χ2n) is 22.6. The zero-order valence-electron chi connectivity index (χ0n) is 48.4. The molecule has 0 amide bonds. The Hall–Kier alpha value is -8.39. The Labute approximate surface area is 507 Å². The average molecular weight is 1250 g/mol. The molecule has 0 bridgehead atoms. The number of fused-ring (bicyclic) bond motifs is 5. The van der Waals surface area contributed by atoms with Gasteiger partial charge < -0.3 is 25.3 Å². The molecule has 0 radical (unpaired) electrons. The monoisotopic (exact) mass is 1250 g/mol. The van der Waals surface area contributed by atoms with Crippen LogP contribution in [0.3, 0.4) is 0 Å². The first-order chi connectivity index (χ1) is 42.1. The molecular formula is C64H63F3N10O8S3. The predicted octanol–water partition coefficient (Wildman–Crippen LogP) is 11.0. The molecule has 0 fully saturated rings. The molecule has 2 N–H and O–H groups in total. The van der Waals surface area contributed by atoms with E-state index in [2.05, 4.69) is 49.5 Å². The van der Waals surface area contributed by atoms with E-state index in [9.17, 15) is 48.5 Å². The molecule has 24 heteroatoms. The number of nitrogens with zero attached hydrogens (tertiary/aromatic N) is 8. The van der Waals surface area contributed by atoms with Crippen LogP contribution in [0.1, 0.15) is 52.6 Å². The van der Waals surface area contributed by atoms with Crippen molar-refractivity contribution in [3.63, 3.8) is 0 Å². The third-order valence-corrected chi connectivity index (χ3v) is 21.9. The fourth-order valence-corrected chi connectivity index (χ4v) is 16.1. The fraction of sp³-hybridized carbons (Fsp3) is 0.266. The van der Waals surface area contributed by atoms with E-state index >= 15 is 0 Å². The van der Waals surface area contributed by atoms with E-state index in [1.165, 1.54) is 50.0 Å². The zero-order chi connectivity index (χ0) is 61.9. The highest BCUT2D eigenvalue weighted by Gasteiger charge is 2.33. The first-order valence-corrected chi connectivity index (χ1v) is 33.1. The number of nitro groups is 1. The predicted molar refractivity (Wildman–Crippen MR) is 337 cm³/mol. The molecule has 0 spiro atoms. The van der Waals surface area contributed by atoms with Crippen molar-refractivity contribution in [3.05, 3.63) is 202 Å². The van der Waals surface area contributed by atoms with Gasteiger partial charge in [0.1, 0.15) is 0 Å². The Morgan fingerprint density at radius 2 is 0.977 bits per heavy atom. The Kier molecular flexibility index (Phi) is 16.1. The molecule has 4 aromatic heterocycles. The minimum atomic E-state index is -4.51. The van der Waals surface area contributed by atoms with E-state index in [-0.39, 0.29) is 21.0 Å². The average Bonchev–Trinajstić information content (AvgIpc) is 1.68. The molecule has 0 unspecified atom stereocenters. The SMILES string of the molecule is CN1CC=C(c2cn(S(=O)(=O)c3ccc4c(c3)CCN4)c3ccc(C(F)(F)F)cc23)CC1.CN1CC=C(c2cn(S(=O)(=O)c3ccc4c(c3)CCN4)c3ncccc23)CC1.CN1CC=C(c2cn(S(=O)(=O)c3ccccc3)c3ccc([N+](=O)[O-])cc23)CC1. The molecule has 18 nitrogen and oxygen atoms in total. The Morgan fingerprint density at radius 1 is 0.511 bits per heavy atom. The number of benzene rings is 5. The van der Waals surface area contributed by atoms with E-state index in [0.717, 1.165) is 138 Å². The van der Waals surface area contributed by atoms with Crippen LogP contribution >= 0.6 is 0 Å². The summed E-state index contributed by atoms with van der Waals surface area (Å²) in [6.07, 6.45) is 12.0. The van der Waals surface area contributed by atoms with E-state index in [4.69, 9.17) is 0 Å². The van der Waals surface area contributed by atoms with Gasteiger partial charge in [0.05, 0.1) is 36.2 Å². The highest BCUT2D eigenvalue weighted by atomic mass is 32.2. The van der Waals surface area contributed by atoms with Crippen molar-refractivity contribution in [1.29, 1.82) is 0 Å². The van der Waals surface area contributed by atoms with E-state index in [1.54, 1.807) is 73.2 Å². The zero-order valence-corrected chi connectivity index (χ0v) is 50.9. The standard InChI is InChI=1S/C23H22F3N3O2S.C21H22N4O2S.C20H19N3O4S/c1-28-10-7-15(8-11-28)20-14-29(22-5-2-17(13-19(20)22)23(24,25)26)32(30,31)18-3-4-21-16(12-18)6-9-27-21;1-24-11-7-15(8-12-24)19-14-25(21-18(19)3-2-9-23-21)28(26,27)17-4-5-20-16(13-17)6-10-22-20;1-21-11-9-15(10-12-21)19-14-22(28(26,27)17-5-3-2-4-6-17)20-8-7-16(23(24)25)13-18(19)20/h2-5,7,12-14,27H,6,8-11H2,1H3;2-5,7,9,13-14,22H,6,8,10-12H2,1H3;2-9,13-14H,10-12H2,1H3. The molecule has 9 aromatic rings. The molecule has 5 aromatic carbocycles. The Morgan fingerprint density at radius 3 is 1.47 bits per heavy atom.